The Morgan fingerprint density at radius 3 is 2.81 bits per heavy atom. The molecule has 1 saturated carbocycles. The van der Waals surface area contributed by atoms with Gasteiger partial charge in [-0.1, -0.05) is 32.8 Å². The summed E-state index contributed by atoms with van der Waals surface area (Å²) in [5, 5.41) is 2.89. The zero-order valence-electron chi connectivity index (χ0n) is 13.7. The highest BCUT2D eigenvalue weighted by Gasteiger charge is 2.27. The van der Waals surface area contributed by atoms with Crippen molar-refractivity contribution in [2.24, 2.45) is 11.3 Å². The molecule has 0 saturated heterocycles. The fraction of sp³-hybridized carbons (Fsp3) is 0.778. The van der Waals surface area contributed by atoms with Crippen LogP contribution in [-0.4, -0.2) is 12.2 Å². The molecule has 0 aromatic rings. The standard InChI is InChI=1S/C18H31NO2/c1-3-18(11-7-8-16(2)10-12-18)13-14-19-17(21)9-5-4-6-15-20/h13-16H,3-12H2,1-2H3,(H,19,21)/b14-13-. The lowest BCUT2D eigenvalue weighted by Crippen LogP contribution is -2.20. The molecule has 0 aliphatic heterocycles. The molecule has 3 heteroatoms. The Morgan fingerprint density at radius 2 is 2.10 bits per heavy atom. The van der Waals surface area contributed by atoms with Gasteiger partial charge in [0, 0.05) is 19.0 Å². The zero-order chi connectivity index (χ0) is 15.6. The van der Waals surface area contributed by atoms with E-state index < -0.39 is 0 Å². The molecule has 0 spiro atoms. The highest BCUT2D eigenvalue weighted by molar-refractivity contribution is 5.76. The molecule has 1 aliphatic rings. The van der Waals surface area contributed by atoms with Gasteiger partial charge >= 0.3 is 0 Å². The third-order valence-corrected chi connectivity index (χ3v) is 4.87. The van der Waals surface area contributed by atoms with Gasteiger partial charge in [-0.15, -0.1) is 0 Å². The van der Waals surface area contributed by atoms with Crippen molar-refractivity contribution >= 4 is 12.2 Å². The lowest BCUT2D eigenvalue weighted by atomic mass is 9.78. The zero-order valence-corrected chi connectivity index (χ0v) is 13.7. The number of nitrogens with one attached hydrogen (secondary N) is 1. The largest absolute Gasteiger partial charge is 0.333 e. The van der Waals surface area contributed by atoms with Crippen LogP contribution in [0.3, 0.4) is 0 Å². The van der Waals surface area contributed by atoms with Gasteiger partial charge in [0.05, 0.1) is 0 Å². The first-order valence-electron chi connectivity index (χ1n) is 8.52. The normalized spacial score (nSPS) is 26.5. The number of carbonyl (C=O) groups is 2. The van der Waals surface area contributed by atoms with Crippen molar-refractivity contribution < 1.29 is 9.59 Å². The molecule has 3 nitrogen and oxygen atoms in total. The minimum Gasteiger partial charge on any atom is -0.333 e. The third-order valence-electron chi connectivity index (χ3n) is 4.87. The highest BCUT2D eigenvalue weighted by Crippen LogP contribution is 2.40. The van der Waals surface area contributed by atoms with Gasteiger partial charge in [0.25, 0.3) is 0 Å². The van der Waals surface area contributed by atoms with E-state index in [1.165, 1.54) is 32.1 Å². The van der Waals surface area contributed by atoms with Crippen molar-refractivity contribution in [1.82, 2.24) is 5.32 Å². The minimum absolute atomic E-state index is 0.0605. The molecule has 1 rings (SSSR count). The Labute approximate surface area is 129 Å². The Kier molecular flexibility index (Phi) is 8.33. The average molecular weight is 293 g/mol. The molecule has 0 aromatic carbocycles. The number of carbonyl (C=O) groups excluding carboxylic acids is 2. The summed E-state index contributed by atoms with van der Waals surface area (Å²) in [6, 6.07) is 0. The molecule has 1 N–H and O–H groups in total. The van der Waals surface area contributed by atoms with E-state index in [4.69, 9.17) is 0 Å². The molecular weight excluding hydrogens is 262 g/mol. The van der Waals surface area contributed by atoms with Gasteiger partial charge in [-0.05, 0) is 49.9 Å². The number of amides is 1. The van der Waals surface area contributed by atoms with Gasteiger partial charge in [-0.25, -0.2) is 0 Å². The number of hydrogen-bond acceptors (Lipinski definition) is 2. The molecule has 2 atom stereocenters. The third kappa shape index (κ3) is 6.92. The highest BCUT2D eigenvalue weighted by atomic mass is 16.1. The van der Waals surface area contributed by atoms with Crippen LogP contribution in [0.2, 0.25) is 0 Å². The summed E-state index contributed by atoms with van der Waals surface area (Å²) in [6.07, 6.45) is 15.2. The maximum Gasteiger partial charge on any atom is 0.223 e. The minimum atomic E-state index is 0.0605. The molecule has 0 aromatic heterocycles. The first-order valence-corrected chi connectivity index (χ1v) is 8.52. The molecule has 1 aliphatic carbocycles. The topological polar surface area (TPSA) is 46.2 Å². The van der Waals surface area contributed by atoms with Crippen LogP contribution >= 0.6 is 0 Å². The van der Waals surface area contributed by atoms with E-state index in [1.807, 2.05) is 6.20 Å². The summed E-state index contributed by atoms with van der Waals surface area (Å²) >= 11 is 0. The number of rotatable bonds is 8. The van der Waals surface area contributed by atoms with Crippen molar-refractivity contribution in [1.29, 1.82) is 0 Å². The number of aldehydes is 1. The van der Waals surface area contributed by atoms with Crippen LogP contribution in [0.25, 0.3) is 0 Å². The summed E-state index contributed by atoms with van der Waals surface area (Å²) in [4.78, 5) is 21.9. The van der Waals surface area contributed by atoms with Gasteiger partial charge in [0.2, 0.25) is 5.91 Å². The Hall–Kier alpha value is -1.12. The first kappa shape index (κ1) is 17.9. The van der Waals surface area contributed by atoms with Crippen LogP contribution in [0.5, 0.6) is 0 Å². The van der Waals surface area contributed by atoms with E-state index >= 15 is 0 Å². The van der Waals surface area contributed by atoms with Gasteiger partial charge in [-0.3, -0.25) is 4.79 Å². The molecule has 1 amide bonds. The van der Waals surface area contributed by atoms with Crippen LogP contribution in [-0.2, 0) is 9.59 Å². The first-order chi connectivity index (χ1) is 10.1. The van der Waals surface area contributed by atoms with E-state index in [2.05, 4.69) is 25.2 Å². The quantitative estimate of drug-likeness (QED) is 0.410. The molecule has 21 heavy (non-hydrogen) atoms. The maximum atomic E-state index is 11.7. The van der Waals surface area contributed by atoms with E-state index in [0.717, 1.165) is 31.5 Å². The second-order valence-corrected chi connectivity index (χ2v) is 6.57. The van der Waals surface area contributed by atoms with Crippen molar-refractivity contribution in [2.45, 2.75) is 78.1 Å². The smallest absolute Gasteiger partial charge is 0.223 e. The van der Waals surface area contributed by atoms with Crippen molar-refractivity contribution in [3.63, 3.8) is 0 Å². The Balaban J connectivity index is 2.38. The molecular formula is C18H31NO2. The SMILES string of the molecule is CCC1(/C=C\NC(=O)CCCCC=O)CCCC(C)CC1. The number of allylic oxidation sites excluding steroid dienone is 1. The van der Waals surface area contributed by atoms with Crippen LogP contribution in [0, 0.1) is 11.3 Å². The van der Waals surface area contributed by atoms with Gasteiger partial charge in [0.1, 0.15) is 6.29 Å². The number of unbranched alkanes of at least 4 members (excludes halogenated alkanes) is 2. The molecule has 0 bridgehead atoms. The molecule has 2 unspecified atom stereocenters. The predicted octanol–water partition coefficient (Wildman–Crippen LogP) is 4.37. The summed E-state index contributed by atoms with van der Waals surface area (Å²) in [6.45, 7) is 4.60. The molecule has 1 fully saturated rings. The summed E-state index contributed by atoms with van der Waals surface area (Å²) < 4.78 is 0. The van der Waals surface area contributed by atoms with Crippen LogP contribution in [0.15, 0.2) is 12.3 Å². The second kappa shape index (κ2) is 9.75. The lowest BCUT2D eigenvalue weighted by Gasteiger charge is -2.28. The van der Waals surface area contributed by atoms with Crippen LogP contribution in [0.4, 0.5) is 0 Å². The van der Waals surface area contributed by atoms with Crippen molar-refractivity contribution in [3.8, 4) is 0 Å². The molecule has 120 valence electrons. The summed E-state index contributed by atoms with van der Waals surface area (Å²) in [5.41, 5.74) is 0.273. The van der Waals surface area contributed by atoms with E-state index in [9.17, 15) is 9.59 Å². The molecule has 0 heterocycles. The Morgan fingerprint density at radius 1 is 1.29 bits per heavy atom. The summed E-state index contributed by atoms with van der Waals surface area (Å²) in [7, 11) is 0. The van der Waals surface area contributed by atoms with Gasteiger partial charge in [0.15, 0.2) is 0 Å². The Bertz CT molecular complexity index is 351. The van der Waals surface area contributed by atoms with Crippen molar-refractivity contribution in [3.05, 3.63) is 12.3 Å². The van der Waals surface area contributed by atoms with E-state index in [1.54, 1.807) is 0 Å². The lowest BCUT2D eigenvalue weighted by molar-refractivity contribution is -0.120. The predicted molar refractivity (Wildman–Crippen MR) is 86.8 cm³/mol. The fourth-order valence-electron chi connectivity index (χ4n) is 3.14. The summed E-state index contributed by atoms with van der Waals surface area (Å²) in [5.74, 6) is 0.893. The van der Waals surface area contributed by atoms with E-state index in [-0.39, 0.29) is 11.3 Å². The fourth-order valence-corrected chi connectivity index (χ4v) is 3.14. The van der Waals surface area contributed by atoms with Crippen LogP contribution in [0.1, 0.15) is 78.1 Å². The van der Waals surface area contributed by atoms with Gasteiger partial charge in [-0.2, -0.15) is 0 Å². The maximum absolute atomic E-state index is 11.7. The average Bonchev–Trinajstić information content (AvgIpc) is 2.66. The van der Waals surface area contributed by atoms with E-state index in [0.29, 0.717) is 12.8 Å². The van der Waals surface area contributed by atoms with Crippen LogP contribution < -0.4 is 5.32 Å². The monoisotopic (exact) mass is 293 g/mol. The second-order valence-electron chi connectivity index (χ2n) is 6.57. The molecule has 0 radical (unpaired) electrons. The number of hydrogen-bond donors (Lipinski definition) is 1. The van der Waals surface area contributed by atoms with Gasteiger partial charge < -0.3 is 10.1 Å². The van der Waals surface area contributed by atoms with Crippen molar-refractivity contribution in [2.75, 3.05) is 0 Å².